The van der Waals surface area contributed by atoms with E-state index in [1.165, 1.54) is 5.56 Å². The van der Waals surface area contributed by atoms with E-state index in [1.54, 1.807) is 18.3 Å². The summed E-state index contributed by atoms with van der Waals surface area (Å²) in [5.41, 5.74) is 3.78. The average molecular weight is 573 g/mol. The summed E-state index contributed by atoms with van der Waals surface area (Å²) in [6.07, 6.45) is 1.78. The fraction of sp³-hybridized carbons (Fsp3) is 0.0968. The SMILES string of the molecule is Cc1ccc(Oc2ccc(N3C(=S)NC(c4ccccn4)C3c3ccc(-c4ccc(Cl)c(Cl)c4)o3)cc2)cc1. The Morgan fingerprint density at radius 2 is 1.62 bits per heavy atom. The number of hydrogen-bond acceptors (Lipinski definition) is 4. The Morgan fingerprint density at radius 3 is 2.31 bits per heavy atom. The lowest BCUT2D eigenvalue weighted by molar-refractivity contribution is 0.439. The fourth-order valence-electron chi connectivity index (χ4n) is 4.66. The van der Waals surface area contributed by atoms with Gasteiger partial charge in [-0.25, -0.2) is 0 Å². The van der Waals surface area contributed by atoms with Gasteiger partial charge in [-0.1, -0.05) is 47.0 Å². The third-order valence-corrected chi connectivity index (χ3v) is 7.65. The minimum absolute atomic E-state index is 0.227. The zero-order valence-corrected chi connectivity index (χ0v) is 23.2. The lowest BCUT2D eigenvalue weighted by Gasteiger charge is -2.26. The standard InChI is InChI=1S/C31H23Cl2N3O2S/c1-19-5-10-22(11-6-19)37-23-12-8-21(9-13-23)36-30(29(35-31(36)39)26-4-2-3-17-34-26)28-16-15-27(38-28)20-7-14-24(32)25(33)18-20/h2-18,29-30H,1H3,(H,35,39). The van der Waals surface area contributed by atoms with Gasteiger partial charge < -0.3 is 19.4 Å². The number of halogens is 2. The predicted octanol–water partition coefficient (Wildman–Crippen LogP) is 8.93. The maximum atomic E-state index is 6.42. The molecular formula is C31H23Cl2N3O2S. The number of anilines is 1. The zero-order chi connectivity index (χ0) is 26.9. The Bertz CT molecular complexity index is 1620. The van der Waals surface area contributed by atoms with E-state index < -0.39 is 0 Å². The van der Waals surface area contributed by atoms with Gasteiger partial charge in [-0.2, -0.15) is 0 Å². The number of aryl methyl sites for hydroxylation is 1. The summed E-state index contributed by atoms with van der Waals surface area (Å²) in [6.45, 7) is 2.05. The van der Waals surface area contributed by atoms with Crippen LogP contribution in [0.5, 0.6) is 11.5 Å². The Balaban J connectivity index is 1.35. The summed E-state index contributed by atoms with van der Waals surface area (Å²) < 4.78 is 12.5. The van der Waals surface area contributed by atoms with Gasteiger partial charge in [0.2, 0.25) is 0 Å². The Morgan fingerprint density at radius 1 is 0.872 bits per heavy atom. The van der Waals surface area contributed by atoms with Gasteiger partial charge in [0, 0.05) is 17.4 Å². The third-order valence-electron chi connectivity index (χ3n) is 6.59. The second-order valence-electron chi connectivity index (χ2n) is 9.24. The summed E-state index contributed by atoms with van der Waals surface area (Å²) >= 11 is 18.2. The van der Waals surface area contributed by atoms with E-state index in [-0.39, 0.29) is 12.1 Å². The summed E-state index contributed by atoms with van der Waals surface area (Å²) in [5, 5.41) is 5.00. The number of nitrogens with zero attached hydrogens (tertiary/aromatic N) is 2. The lowest BCUT2D eigenvalue weighted by atomic mass is 10.0. The molecule has 8 heteroatoms. The van der Waals surface area contributed by atoms with Crippen LogP contribution >= 0.6 is 35.4 Å². The van der Waals surface area contributed by atoms with Crippen LogP contribution < -0.4 is 15.0 Å². The molecule has 2 atom stereocenters. The fourth-order valence-corrected chi connectivity index (χ4v) is 5.30. The van der Waals surface area contributed by atoms with Crippen molar-refractivity contribution < 1.29 is 9.15 Å². The van der Waals surface area contributed by atoms with Crippen LogP contribution in [0.2, 0.25) is 10.0 Å². The van der Waals surface area contributed by atoms with E-state index in [1.807, 2.05) is 91.9 Å². The van der Waals surface area contributed by atoms with Crippen LogP contribution in [0.15, 0.2) is 108 Å². The van der Waals surface area contributed by atoms with Gasteiger partial charge in [0.05, 0.1) is 21.8 Å². The van der Waals surface area contributed by atoms with Crippen molar-refractivity contribution in [2.24, 2.45) is 0 Å². The van der Waals surface area contributed by atoms with Crippen LogP contribution in [0.3, 0.4) is 0 Å². The second-order valence-corrected chi connectivity index (χ2v) is 10.4. The second kappa shape index (κ2) is 10.7. The number of rotatable bonds is 6. The molecule has 0 amide bonds. The summed E-state index contributed by atoms with van der Waals surface area (Å²) in [5.74, 6) is 2.94. The van der Waals surface area contributed by atoms with Crippen molar-refractivity contribution >= 4 is 46.2 Å². The van der Waals surface area contributed by atoms with Crippen molar-refractivity contribution in [1.29, 1.82) is 0 Å². The molecule has 0 bridgehead atoms. The van der Waals surface area contributed by atoms with Crippen molar-refractivity contribution in [3.63, 3.8) is 0 Å². The molecule has 0 radical (unpaired) electrons. The maximum absolute atomic E-state index is 6.42. The first-order valence-corrected chi connectivity index (χ1v) is 13.5. The number of furan rings is 1. The number of benzene rings is 3. The Kier molecular flexibility index (Phi) is 7.00. The molecule has 0 aliphatic carbocycles. The minimum atomic E-state index is -0.284. The van der Waals surface area contributed by atoms with E-state index in [0.717, 1.165) is 34.2 Å². The van der Waals surface area contributed by atoms with Crippen molar-refractivity contribution in [2.45, 2.75) is 19.0 Å². The molecule has 1 fully saturated rings. The monoisotopic (exact) mass is 571 g/mol. The summed E-state index contributed by atoms with van der Waals surface area (Å²) in [6, 6.07) is 30.5. The number of thiocarbonyl (C=S) groups is 1. The predicted molar refractivity (Wildman–Crippen MR) is 160 cm³/mol. The molecule has 5 aromatic rings. The number of ether oxygens (including phenoxy) is 1. The highest BCUT2D eigenvalue weighted by Gasteiger charge is 2.42. The average Bonchev–Trinajstić information content (AvgIpc) is 3.57. The molecule has 0 saturated carbocycles. The molecule has 5 nitrogen and oxygen atoms in total. The van der Waals surface area contributed by atoms with Crippen LogP contribution in [0.25, 0.3) is 11.3 Å². The van der Waals surface area contributed by atoms with E-state index in [9.17, 15) is 0 Å². The van der Waals surface area contributed by atoms with Crippen LogP contribution in [0.1, 0.15) is 29.1 Å². The number of nitrogens with one attached hydrogen (secondary N) is 1. The van der Waals surface area contributed by atoms with Crippen LogP contribution in [0, 0.1) is 6.92 Å². The Hall–Kier alpha value is -3.84. The van der Waals surface area contributed by atoms with Crippen molar-refractivity contribution in [3.05, 3.63) is 130 Å². The molecule has 6 rings (SSSR count). The Labute approximate surface area is 242 Å². The largest absolute Gasteiger partial charge is 0.459 e. The molecule has 3 aromatic carbocycles. The molecule has 1 saturated heterocycles. The van der Waals surface area contributed by atoms with Crippen molar-refractivity contribution in [1.82, 2.24) is 10.3 Å². The molecular weight excluding hydrogens is 549 g/mol. The van der Waals surface area contributed by atoms with Gasteiger partial charge in [-0.3, -0.25) is 4.98 Å². The first kappa shape index (κ1) is 25.4. The summed E-state index contributed by atoms with van der Waals surface area (Å²) in [4.78, 5) is 6.67. The first-order valence-electron chi connectivity index (χ1n) is 12.4. The van der Waals surface area contributed by atoms with E-state index in [4.69, 9.17) is 44.6 Å². The van der Waals surface area contributed by atoms with Gasteiger partial charge in [0.1, 0.15) is 29.1 Å². The van der Waals surface area contributed by atoms with E-state index >= 15 is 0 Å². The minimum Gasteiger partial charge on any atom is -0.459 e. The quantitative estimate of drug-likeness (QED) is 0.205. The number of pyridine rings is 1. The maximum Gasteiger partial charge on any atom is 0.174 e. The smallest absolute Gasteiger partial charge is 0.174 e. The normalized spacial score (nSPS) is 16.8. The van der Waals surface area contributed by atoms with Gasteiger partial charge in [0.25, 0.3) is 0 Å². The van der Waals surface area contributed by atoms with E-state index in [2.05, 4.69) is 15.2 Å². The van der Waals surface area contributed by atoms with Crippen LogP contribution in [-0.2, 0) is 0 Å². The third kappa shape index (κ3) is 5.23. The first-order chi connectivity index (χ1) is 19.0. The van der Waals surface area contributed by atoms with Gasteiger partial charge in [-0.15, -0.1) is 0 Å². The highest BCUT2D eigenvalue weighted by molar-refractivity contribution is 7.80. The highest BCUT2D eigenvalue weighted by atomic mass is 35.5. The van der Waals surface area contributed by atoms with Crippen LogP contribution in [-0.4, -0.2) is 10.1 Å². The molecule has 39 heavy (non-hydrogen) atoms. The highest BCUT2D eigenvalue weighted by Crippen LogP contribution is 2.43. The van der Waals surface area contributed by atoms with Gasteiger partial charge >= 0.3 is 0 Å². The van der Waals surface area contributed by atoms with Crippen molar-refractivity contribution in [2.75, 3.05) is 4.90 Å². The molecule has 2 unspecified atom stereocenters. The van der Waals surface area contributed by atoms with E-state index in [0.29, 0.717) is 20.9 Å². The zero-order valence-electron chi connectivity index (χ0n) is 20.8. The van der Waals surface area contributed by atoms with Crippen molar-refractivity contribution in [3.8, 4) is 22.8 Å². The molecule has 1 N–H and O–H groups in total. The van der Waals surface area contributed by atoms with Gasteiger partial charge in [-0.05, 0) is 98.0 Å². The number of hydrogen-bond donors (Lipinski definition) is 1. The van der Waals surface area contributed by atoms with Gasteiger partial charge in [0.15, 0.2) is 5.11 Å². The molecule has 2 aromatic heterocycles. The molecule has 3 heterocycles. The molecule has 1 aliphatic rings. The molecule has 194 valence electrons. The molecule has 1 aliphatic heterocycles. The summed E-state index contributed by atoms with van der Waals surface area (Å²) in [7, 11) is 0. The molecule has 0 spiro atoms. The number of aromatic nitrogens is 1. The topological polar surface area (TPSA) is 50.5 Å². The lowest BCUT2D eigenvalue weighted by Crippen LogP contribution is -2.29. The van der Waals surface area contributed by atoms with Crippen LogP contribution in [0.4, 0.5) is 5.69 Å².